The summed E-state index contributed by atoms with van der Waals surface area (Å²) in [6.45, 7) is 2.90. The number of aromatic nitrogens is 3. The third-order valence-electron chi connectivity index (χ3n) is 3.65. The molecule has 3 N–H and O–H groups in total. The van der Waals surface area contributed by atoms with Crippen LogP contribution in [0, 0.1) is 5.82 Å². The van der Waals surface area contributed by atoms with Crippen molar-refractivity contribution in [3.8, 4) is 0 Å². The molecule has 3 rings (SSSR count). The van der Waals surface area contributed by atoms with E-state index >= 15 is 0 Å². The van der Waals surface area contributed by atoms with Crippen LogP contribution in [0.25, 0.3) is 5.65 Å². The van der Waals surface area contributed by atoms with Gasteiger partial charge < -0.3 is 16.0 Å². The maximum atomic E-state index is 12.9. The van der Waals surface area contributed by atoms with Crippen molar-refractivity contribution in [2.24, 2.45) is 4.99 Å². The van der Waals surface area contributed by atoms with E-state index in [2.05, 4.69) is 31.1 Å². The molecule has 2 aromatic heterocycles. The molecule has 10 heteroatoms. The second kappa shape index (κ2) is 10.5. The lowest BCUT2D eigenvalue weighted by molar-refractivity contribution is -0.115. The van der Waals surface area contributed by atoms with Gasteiger partial charge in [-0.05, 0) is 43.3 Å². The number of carbonyl (C=O) groups excluding carboxylic acids is 1. The minimum Gasteiger partial charge on any atom is -0.357 e. The Bertz CT molecular complexity index is 943. The summed E-state index contributed by atoms with van der Waals surface area (Å²) in [5.74, 6) is 0.562. The Balaban J connectivity index is 0.00000280. The topological polar surface area (TPSA) is 95.7 Å². The lowest BCUT2D eigenvalue weighted by atomic mass is 10.3. The van der Waals surface area contributed by atoms with E-state index in [-0.39, 0.29) is 42.2 Å². The first-order valence-corrected chi connectivity index (χ1v) is 8.52. The fourth-order valence-corrected chi connectivity index (χ4v) is 2.39. The number of pyridine rings is 1. The molecule has 0 saturated carbocycles. The van der Waals surface area contributed by atoms with Gasteiger partial charge in [0.05, 0.1) is 6.54 Å². The summed E-state index contributed by atoms with van der Waals surface area (Å²) in [4.78, 5) is 16.5. The normalized spacial score (nSPS) is 11.0. The SMILES string of the molecule is CCNC(=NCc1nnc2ccccn12)NCC(=O)Nc1ccc(F)cc1.I. The fraction of sp³-hybridized carbons (Fsp3) is 0.222. The number of guanidine groups is 1. The number of rotatable bonds is 6. The van der Waals surface area contributed by atoms with E-state index in [9.17, 15) is 9.18 Å². The highest BCUT2D eigenvalue weighted by molar-refractivity contribution is 14.0. The van der Waals surface area contributed by atoms with Crippen molar-refractivity contribution in [1.82, 2.24) is 25.2 Å². The zero-order valence-electron chi connectivity index (χ0n) is 15.2. The van der Waals surface area contributed by atoms with Crippen molar-refractivity contribution >= 4 is 47.2 Å². The predicted molar refractivity (Wildman–Crippen MR) is 116 cm³/mol. The van der Waals surface area contributed by atoms with Gasteiger partial charge in [0.2, 0.25) is 5.91 Å². The number of fused-ring (bicyclic) bond motifs is 1. The number of carbonyl (C=O) groups is 1. The number of anilines is 1. The Labute approximate surface area is 178 Å². The van der Waals surface area contributed by atoms with Crippen LogP contribution in [0.4, 0.5) is 10.1 Å². The number of nitrogens with zero attached hydrogens (tertiary/aromatic N) is 4. The summed E-state index contributed by atoms with van der Waals surface area (Å²) >= 11 is 0. The average Bonchev–Trinajstić information content (AvgIpc) is 3.09. The van der Waals surface area contributed by atoms with E-state index in [1.807, 2.05) is 35.7 Å². The second-order valence-corrected chi connectivity index (χ2v) is 5.65. The molecule has 2 heterocycles. The van der Waals surface area contributed by atoms with Gasteiger partial charge in [0.25, 0.3) is 0 Å². The van der Waals surface area contributed by atoms with Crippen molar-refractivity contribution in [3.63, 3.8) is 0 Å². The average molecular weight is 497 g/mol. The smallest absolute Gasteiger partial charge is 0.243 e. The van der Waals surface area contributed by atoms with Crippen molar-refractivity contribution in [1.29, 1.82) is 0 Å². The number of halogens is 2. The van der Waals surface area contributed by atoms with Crippen LogP contribution in [0.1, 0.15) is 12.7 Å². The Morgan fingerprint density at radius 2 is 1.93 bits per heavy atom. The third-order valence-corrected chi connectivity index (χ3v) is 3.65. The van der Waals surface area contributed by atoms with Crippen LogP contribution in [0.2, 0.25) is 0 Å². The van der Waals surface area contributed by atoms with Crippen LogP contribution < -0.4 is 16.0 Å². The number of nitrogens with one attached hydrogen (secondary N) is 3. The molecule has 28 heavy (non-hydrogen) atoms. The van der Waals surface area contributed by atoms with E-state index in [1.165, 1.54) is 24.3 Å². The highest BCUT2D eigenvalue weighted by Crippen LogP contribution is 2.07. The van der Waals surface area contributed by atoms with E-state index in [4.69, 9.17) is 0 Å². The van der Waals surface area contributed by atoms with Crippen LogP contribution in [-0.4, -0.2) is 39.6 Å². The molecule has 0 aliphatic carbocycles. The van der Waals surface area contributed by atoms with Crippen molar-refractivity contribution in [3.05, 3.63) is 60.3 Å². The Kier molecular flexibility index (Phi) is 8.11. The minimum absolute atomic E-state index is 0. The zero-order valence-corrected chi connectivity index (χ0v) is 17.6. The van der Waals surface area contributed by atoms with Gasteiger partial charge in [-0.1, -0.05) is 6.07 Å². The van der Waals surface area contributed by atoms with Gasteiger partial charge in [0.1, 0.15) is 12.4 Å². The van der Waals surface area contributed by atoms with E-state index in [0.717, 1.165) is 5.65 Å². The van der Waals surface area contributed by atoms with Crippen molar-refractivity contribution in [2.45, 2.75) is 13.5 Å². The van der Waals surface area contributed by atoms with Gasteiger partial charge in [0.15, 0.2) is 17.4 Å². The quantitative estimate of drug-likeness (QED) is 0.276. The highest BCUT2D eigenvalue weighted by atomic mass is 127. The molecule has 0 spiro atoms. The molecule has 0 atom stereocenters. The van der Waals surface area contributed by atoms with E-state index in [1.54, 1.807) is 0 Å². The first-order chi connectivity index (χ1) is 13.2. The zero-order chi connectivity index (χ0) is 19.1. The number of hydrogen-bond acceptors (Lipinski definition) is 4. The molecule has 0 aliphatic rings. The molecule has 0 bridgehead atoms. The molecule has 3 aromatic rings. The molecule has 8 nitrogen and oxygen atoms in total. The third kappa shape index (κ3) is 5.87. The van der Waals surface area contributed by atoms with Gasteiger partial charge in [-0.3, -0.25) is 9.20 Å². The summed E-state index contributed by atoms with van der Waals surface area (Å²) in [7, 11) is 0. The van der Waals surface area contributed by atoms with Gasteiger partial charge >= 0.3 is 0 Å². The minimum atomic E-state index is -0.353. The standard InChI is InChI=1S/C18H20FN7O.HI/c1-2-20-18(21-11-16-25-24-15-5-3-4-10-26(15)16)22-12-17(27)23-14-8-6-13(19)7-9-14;/h3-10H,2,11-12H2,1H3,(H,23,27)(H2,20,21,22);1H. The van der Waals surface area contributed by atoms with E-state index < -0.39 is 0 Å². The molecule has 148 valence electrons. The highest BCUT2D eigenvalue weighted by Gasteiger charge is 2.07. The van der Waals surface area contributed by atoms with Gasteiger partial charge in [-0.2, -0.15) is 0 Å². The van der Waals surface area contributed by atoms with Crippen LogP contribution in [-0.2, 0) is 11.3 Å². The van der Waals surface area contributed by atoms with Crippen LogP contribution >= 0.6 is 24.0 Å². The maximum Gasteiger partial charge on any atom is 0.243 e. The summed E-state index contributed by atoms with van der Waals surface area (Å²) in [6, 6.07) is 11.2. The van der Waals surface area contributed by atoms with E-state index in [0.29, 0.717) is 30.6 Å². The molecule has 0 unspecified atom stereocenters. The molecule has 0 aliphatic heterocycles. The lowest BCUT2D eigenvalue weighted by Crippen LogP contribution is -2.41. The Morgan fingerprint density at radius 3 is 2.68 bits per heavy atom. The Hall–Kier alpha value is -2.76. The van der Waals surface area contributed by atoms with Crippen molar-refractivity contribution < 1.29 is 9.18 Å². The molecule has 0 radical (unpaired) electrons. The second-order valence-electron chi connectivity index (χ2n) is 5.65. The largest absolute Gasteiger partial charge is 0.357 e. The summed E-state index contributed by atoms with van der Waals surface area (Å²) in [5, 5.41) is 16.9. The van der Waals surface area contributed by atoms with Gasteiger partial charge in [0, 0.05) is 18.4 Å². The summed E-state index contributed by atoms with van der Waals surface area (Å²) < 4.78 is 14.8. The number of aliphatic imine (C=N–C) groups is 1. The molecular formula is C18H21FIN7O. The first kappa shape index (κ1) is 21.5. The van der Waals surface area contributed by atoms with Crippen LogP contribution in [0.15, 0.2) is 53.7 Å². The van der Waals surface area contributed by atoms with Crippen LogP contribution in [0.3, 0.4) is 0 Å². The van der Waals surface area contributed by atoms with Gasteiger partial charge in [-0.15, -0.1) is 34.2 Å². The van der Waals surface area contributed by atoms with Crippen molar-refractivity contribution in [2.75, 3.05) is 18.4 Å². The molecule has 1 amide bonds. The number of amides is 1. The summed E-state index contributed by atoms with van der Waals surface area (Å²) in [6.07, 6.45) is 1.87. The van der Waals surface area contributed by atoms with Gasteiger partial charge in [-0.25, -0.2) is 9.38 Å². The molecule has 1 aromatic carbocycles. The Morgan fingerprint density at radius 1 is 1.14 bits per heavy atom. The first-order valence-electron chi connectivity index (χ1n) is 8.52. The summed E-state index contributed by atoms with van der Waals surface area (Å²) in [5.41, 5.74) is 1.28. The van der Waals surface area contributed by atoms with Crippen LogP contribution in [0.5, 0.6) is 0 Å². The molecule has 0 saturated heterocycles. The molecular weight excluding hydrogens is 476 g/mol. The number of benzene rings is 1. The lowest BCUT2D eigenvalue weighted by Gasteiger charge is -2.11. The molecule has 0 fully saturated rings. The fourth-order valence-electron chi connectivity index (χ4n) is 2.39. The monoisotopic (exact) mass is 497 g/mol. The predicted octanol–water partition coefficient (Wildman–Crippen LogP) is 2.18. The number of hydrogen-bond donors (Lipinski definition) is 3. The maximum absolute atomic E-state index is 12.9.